The van der Waals surface area contributed by atoms with Crippen LogP contribution in [0.3, 0.4) is 0 Å². The third-order valence-electron chi connectivity index (χ3n) is 4.40. The first-order valence-electron chi connectivity index (χ1n) is 8.18. The number of aromatic nitrogens is 4. The van der Waals surface area contributed by atoms with Crippen LogP contribution >= 0.6 is 0 Å². The summed E-state index contributed by atoms with van der Waals surface area (Å²) in [5.74, 6) is 3.15. The third kappa shape index (κ3) is 3.46. The molecule has 1 aliphatic rings. The van der Waals surface area contributed by atoms with Crippen molar-refractivity contribution in [2.45, 2.75) is 46.1 Å². The van der Waals surface area contributed by atoms with E-state index in [0.717, 1.165) is 42.9 Å². The van der Waals surface area contributed by atoms with Gasteiger partial charge in [0.15, 0.2) is 0 Å². The van der Waals surface area contributed by atoms with Crippen LogP contribution in [-0.4, -0.2) is 32.6 Å². The summed E-state index contributed by atoms with van der Waals surface area (Å²) in [4.78, 5) is 15.7. The molecule has 0 spiro atoms. The zero-order chi connectivity index (χ0) is 15.5. The van der Waals surface area contributed by atoms with Gasteiger partial charge in [-0.3, -0.25) is 0 Å². The molecule has 2 aromatic heterocycles. The van der Waals surface area contributed by atoms with Crippen molar-refractivity contribution in [2.75, 3.05) is 18.0 Å². The number of piperidine rings is 1. The van der Waals surface area contributed by atoms with Gasteiger partial charge in [0.1, 0.15) is 11.6 Å². The molecule has 22 heavy (non-hydrogen) atoms. The Balaban J connectivity index is 1.63. The molecule has 0 saturated carbocycles. The smallest absolute Gasteiger partial charge is 0.132 e. The summed E-state index contributed by atoms with van der Waals surface area (Å²) < 4.78 is 2.19. The van der Waals surface area contributed by atoms with Crippen molar-refractivity contribution in [1.82, 2.24) is 19.5 Å². The van der Waals surface area contributed by atoms with E-state index in [1.807, 2.05) is 19.4 Å². The van der Waals surface area contributed by atoms with Gasteiger partial charge < -0.3 is 9.47 Å². The summed E-state index contributed by atoms with van der Waals surface area (Å²) in [6.45, 7) is 9.58. The van der Waals surface area contributed by atoms with Crippen molar-refractivity contribution in [3.8, 4) is 0 Å². The lowest BCUT2D eigenvalue weighted by Gasteiger charge is -2.33. The predicted molar refractivity (Wildman–Crippen MR) is 88.0 cm³/mol. The summed E-state index contributed by atoms with van der Waals surface area (Å²) in [7, 11) is 0. The summed E-state index contributed by atoms with van der Waals surface area (Å²) >= 11 is 0. The minimum absolute atomic E-state index is 0.444. The first kappa shape index (κ1) is 15.0. The molecule has 0 atom stereocenters. The van der Waals surface area contributed by atoms with Crippen LogP contribution in [0.2, 0.25) is 0 Å². The van der Waals surface area contributed by atoms with Crippen molar-refractivity contribution in [1.29, 1.82) is 0 Å². The van der Waals surface area contributed by atoms with E-state index in [1.54, 1.807) is 0 Å². The van der Waals surface area contributed by atoms with Crippen molar-refractivity contribution < 1.29 is 0 Å². The van der Waals surface area contributed by atoms with Crippen LogP contribution in [0.4, 0.5) is 5.82 Å². The Bertz CT molecular complexity index is 598. The van der Waals surface area contributed by atoms with Gasteiger partial charge in [-0.1, -0.05) is 13.8 Å². The van der Waals surface area contributed by atoms with E-state index >= 15 is 0 Å². The normalized spacial score (nSPS) is 16.5. The molecule has 1 saturated heterocycles. The minimum Gasteiger partial charge on any atom is -0.356 e. The van der Waals surface area contributed by atoms with Crippen LogP contribution in [0.1, 0.15) is 44.1 Å². The van der Waals surface area contributed by atoms with Crippen LogP contribution in [0.15, 0.2) is 24.8 Å². The average molecular weight is 299 g/mol. The van der Waals surface area contributed by atoms with Crippen LogP contribution < -0.4 is 4.90 Å². The van der Waals surface area contributed by atoms with E-state index in [2.05, 4.69) is 50.5 Å². The fraction of sp³-hybridized carbons (Fsp3) is 0.588. The molecule has 3 rings (SSSR count). The number of aryl methyl sites for hydroxylation is 1. The molecule has 0 amide bonds. The maximum atomic E-state index is 4.64. The quantitative estimate of drug-likeness (QED) is 0.870. The lowest BCUT2D eigenvalue weighted by molar-refractivity contribution is 0.355. The molecule has 118 valence electrons. The minimum atomic E-state index is 0.444. The summed E-state index contributed by atoms with van der Waals surface area (Å²) in [5.41, 5.74) is 1.14. The van der Waals surface area contributed by atoms with E-state index in [9.17, 15) is 0 Å². The molecule has 1 aliphatic heterocycles. The molecule has 0 aliphatic carbocycles. The second-order valence-electron chi connectivity index (χ2n) is 6.54. The highest BCUT2D eigenvalue weighted by molar-refractivity contribution is 5.41. The van der Waals surface area contributed by atoms with Crippen LogP contribution in [0.5, 0.6) is 0 Å². The molecule has 3 heterocycles. The predicted octanol–water partition coefficient (Wildman–Crippen LogP) is 3.02. The van der Waals surface area contributed by atoms with Crippen molar-refractivity contribution in [3.63, 3.8) is 0 Å². The maximum absolute atomic E-state index is 4.64. The van der Waals surface area contributed by atoms with Crippen molar-refractivity contribution in [3.05, 3.63) is 36.3 Å². The van der Waals surface area contributed by atoms with Gasteiger partial charge in [0.05, 0.1) is 6.33 Å². The van der Waals surface area contributed by atoms with E-state index in [0.29, 0.717) is 5.92 Å². The van der Waals surface area contributed by atoms with Crippen molar-refractivity contribution in [2.24, 2.45) is 5.92 Å². The van der Waals surface area contributed by atoms with Gasteiger partial charge in [-0.25, -0.2) is 15.0 Å². The molecular formula is C17H25N5. The molecule has 0 bridgehead atoms. The first-order chi connectivity index (χ1) is 10.6. The summed E-state index contributed by atoms with van der Waals surface area (Å²) in [6, 6.07) is 2.16. The van der Waals surface area contributed by atoms with E-state index < -0.39 is 0 Å². The maximum Gasteiger partial charge on any atom is 0.132 e. The molecule has 0 N–H and O–H groups in total. The number of nitrogens with zero attached hydrogens (tertiary/aromatic N) is 5. The SMILES string of the molecule is Cc1nc(C(C)C)cc(N2CCC(Cn3ccnc3)CC2)n1. The molecule has 1 fully saturated rings. The average Bonchev–Trinajstić information content (AvgIpc) is 3.00. The first-order valence-corrected chi connectivity index (χ1v) is 8.18. The monoisotopic (exact) mass is 299 g/mol. The Morgan fingerprint density at radius 3 is 2.64 bits per heavy atom. The van der Waals surface area contributed by atoms with Crippen molar-refractivity contribution >= 4 is 5.82 Å². The van der Waals surface area contributed by atoms with Gasteiger partial charge in [0.2, 0.25) is 0 Å². The third-order valence-corrected chi connectivity index (χ3v) is 4.40. The summed E-state index contributed by atoms with van der Waals surface area (Å²) in [5, 5.41) is 0. The Labute approximate surface area is 132 Å². The Hall–Kier alpha value is -1.91. The zero-order valence-corrected chi connectivity index (χ0v) is 13.7. The Kier molecular flexibility index (Phi) is 4.41. The lowest BCUT2D eigenvalue weighted by Crippen LogP contribution is -2.35. The number of anilines is 1. The van der Waals surface area contributed by atoms with Gasteiger partial charge >= 0.3 is 0 Å². The Morgan fingerprint density at radius 2 is 2.00 bits per heavy atom. The number of imidazole rings is 1. The molecule has 5 nitrogen and oxygen atoms in total. The second-order valence-corrected chi connectivity index (χ2v) is 6.54. The number of hydrogen-bond donors (Lipinski definition) is 0. The van der Waals surface area contributed by atoms with Gasteiger partial charge in [-0.15, -0.1) is 0 Å². The Morgan fingerprint density at radius 1 is 1.23 bits per heavy atom. The van der Waals surface area contributed by atoms with Gasteiger partial charge in [-0.05, 0) is 31.6 Å². The van der Waals surface area contributed by atoms with Crippen LogP contribution in [0.25, 0.3) is 0 Å². The lowest BCUT2D eigenvalue weighted by atomic mass is 9.96. The summed E-state index contributed by atoms with van der Waals surface area (Å²) in [6.07, 6.45) is 8.23. The van der Waals surface area contributed by atoms with E-state index in [4.69, 9.17) is 0 Å². The fourth-order valence-electron chi connectivity index (χ4n) is 3.07. The van der Waals surface area contributed by atoms with Crippen LogP contribution in [0, 0.1) is 12.8 Å². The molecule has 0 radical (unpaired) electrons. The molecule has 0 unspecified atom stereocenters. The standard InChI is InChI=1S/C17H25N5/c1-13(2)16-10-17(20-14(3)19-16)22-7-4-15(5-8-22)11-21-9-6-18-12-21/h6,9-10,12-13,15H,4-5,7-8,11H2,1-3H3. The largest absolute Gasteiger partial charge is 0.356 e. The molecule has 5 heteroatoms. The number of rotatable bonds is 4. The topological polar surface area (TPSA) is 46.8 Å². The highest BCUT2D eigenvalue weighted by atomic mass is 15.2. The highest BCUT2D eigenvalue weighted by Gasteiger charge is 2.21. The fourth-order valence-corrected chi connectivity index (χ4v) is 3.07. The van der Waals surface area contributed by atoms with Crippen LogP contribution in [-0.2, 0) is 6.54 Å². The van der Waals surface area contributed by atoms with E-state index in [1.165, 1.54) is 12.8 Å². The molecule has 2 aromatic rings. The highest BCUT2D eigenvalue weighted by Crippen LogP contribution is 2.25. The van der Waals surface area contributed by atoms with Gasteiger partial charge in [-0.2, -0.15) is 0 Å². The zero-order valence-electron chi connectivity index (χ0n) is 13.7. The number of hydrogen-bond acceptors (Lipinski definition) is 4. The second kappa shape index (κ2) is 6.46. The molecular weight excluding hydrogens is 274 g/mol. The van der Waals surface area contributed by atoms with Gasteiger partial charge in [0, 0.05) is 43.8 Å². The van der Waals surface area contributed by atoms with Gasteiger partial charge in [0.25, 0.3) is 0 Å². The van der Waals surface area contributed by atoms with E-state index in [-0.39, 0.29) is 0 Å². The molecule has 0 aromatic carbocycles.